The Bertz CT molecular complexity index is 36.5. The third-order valence-electron chi connectivity index (χ3n) is 0.304. The van der Waals surface area contributed by atoms with Crippen molar-refractivity contribution in [3.63, 3.8) is 0 Å². The first kappa shape index (κ1) is 6.05. The molecule has 0 heterocycles. The number of hydrogen-bond acceptors (Lipinski definition) is 2. The van der Waals surface area contributed by atoms with Crippen LogP contribution in [0.25, 0.3) is 0 Å². The summed E-state index contributed by atoms with van der Waals surface area (Å²) in [5.41, 5.74) is 0. The molecule has 0 spiro atoms. The Morgan fingerprint density at radius 3 is 2.83 bits per heavy atom. The first-order chi connectivity index (χ1) is 2.91. The Balaban J connectivity index is 2.49. The fourth-order valence-corrected chi connectivity index (χ4v) is 0.348. The summed E-state index contributed by atoms with van der Waals surface area (Å²) < 4.78 is 4.63. The molecule has 0 atom stereocenters. The van der Waals surface area contributed by atoms with Crippen LogP contribution in [-0.2, 0) is 4.18 Å². The third-order valence-corrected chi connectivity index (χ3v) is 0.911. The molecular weight excluding hydrogens is 96.1 g/mol. The zero-order chi connectivity index (χ0) is 4.83. The van der Waals surface area contributed by atoms with E-state index < -0.39 is 0 Å². The van der Waals surface area contributed by atoms with Gasteiger partial charge >= 0.3 is 0 Å². The van der Waals surface area contributed by atoms with E-state index in [1.54, 1.807) is 13.2 Å². The highest BCUT2D eigenvalue weighted by Crippen LogP contribution is 1.96. The molecule has 0 amide bonds. The largest absolute Gasteiger partial charge is 0.318 e. The van der Waals surface area contributed by atoms with Crippen LogP contribution in [0.3, 0.4) is 0 Å². The summed E-state index contributed by atoms with van der Waals surface area (Å²) in [5.74, 6) is 0.872. The van der Waals surface area contributed by atoms with Crippen LogP contribution in [-0.4, -0.2) is 12.9 Å². The van der Waals surface area contributed by atoms with Gasteiger partial charge in [0, 0.05) is 5.75 Å². The summed E-state index contributed by atoms with van der Waals surface area (Å²) in [6.07, 6.45) is 1.80. The summed E-state index contributed by atoms with van der Waals surface area (Å²) in [4.78, 5) is 0. The molecule has 1 nitrogen and oxygen atoms in total. The minimum atomic E-state index is 0.872. The Morgan fingerprint density at radius 2 is 2.67 bits per heavy atom. The summed E-state index contributed by atoms with van der Waals surface area (Å²) in [5, 5.41) is 0. The van der Waals surface area contributed by atoms with Crippen LogP contribution >= 0.6 is 12.0 Å². The Hall–Kier alpha value is 0.0500. The first-order valence-corrected chi connectivity index (χ1v) is 2.59. The fraction of sp³-hybridized carbons (Fsp3) is 0.500. The smallest absolute Gasteiger partial charge is 0.0503 e. The van der Waals surface area contributed by atoms with Crippen molar-refractivity contribution in [3.8, 4) is 0 Å². The van der Waals surface area contributed by atoms with E-state index in [1.807, 2.05) is 0 Å². The quantitative estimate of drug-likeness (QED) is 0.304. The van der Waals surface area contributed by atoms with E-state index in [0.717, 1.165) is 5.75 Å². The zero-order valence-corrected chi connectivity index (χ0v) is 4.62. The molecule has 6 heavy (non-hydrogen) atoms. The van der Waals surface area contributed by atoms with Crippen LogP contribution in [0.5, 0.6) is 0 Å². The van der Waals surface area contributed by atoms with Gasteiger partial charge in [0.25, 0.3) is 0 Å². The summed E-state index contributed by atoms with van der Waals surface area (Å²) in [6.45, 7) is 3.50. The lowest BCUT2D eigenvalue weighted by Crippen LogP contribution is -1.67. The van der Waals surface area contributed by atoms with Crippen molar-refractivity contribution >= 4 is 12.0 Å². The second-order valence-electron chi connectivity index (χ2n) is 0.740. The minimum absolute atomic E-state index is 0.872. The van der Waals surface area contributed by atoms with Crippen molar-refractivity contribution in [2.45, 2.75) is 0 Å². The van der Waals surface area contributed by atoms with Crippen LogP contribution < -0.4 is 0 Å². The van der Waals surface area contributed by atoms with Crippen molar-refractivity contribution < 1.29 is 4.18 Å². The van der Waals surface area contributed by atoms with E-state index in [0.29, 0.717) is 0 Å². The molecule has 0 unspecified atom stereocenters. The summed E-state index contributed by atoms with van der Waals surface area (Å²) >= 11 is 1.39. The molecule has 0 N–H and O–H groups in total. The maximum absolute atomic E-state index is 4.63. The highest BCUT2D eigenvalue weighted by atomic mass is 32.2. The predicted molar refractivity (Wildman–Crippen MR) is 29.7 cm³/mol. The predicted octanol–water partition coefficient (Wildman–Crippen LogP) is 1.47. The maximum Gasteiger partial charge on any atom is 0.0503 e. The molecule has 0 aromatic rings. The molecular formula is C4H8OS. The van der Waals surface area contributed by atoms with Gasteiger partial charge in [0.1, 0.15) is 0 Å². The van der Waals surface area contributed by atoms with Gasteiger partial charge in [0.2, 0.25) is 0 Å². The average Bonchev–Trinajstić information content (AvgIpc) is 1.61. The van der Waals surface area contributed by atoms with E-state index in [9.17, 15) is 0 Å². The van der Waals surface area contributed by atoms with E-state index >= 15 is 0 Å². The van der Waals surface area contributed by atoms with Crippen LogP contribution in [0, 0.1) is 0 Å². The van der Waals surface area contributed by atoms with Crippen molar-refractivity contribution in [3.05, 3.63) is 12.7 Å². The van der Waals surface area contributed by atoms with Crippen molar-refractivity contribution in [2.75, 3.05) is 12.9 Å². The average molecular weight is 104 g/mol. The SMILES string of the molecule is C=CCSOC. The molecule has 0 saturated heterocycles. The van der Waals surface area contributed by atoms with Crippen molar-refractivity contribution in [1.82, 2.24) is 0 Å². The molecule has 0 aliphatic heterocycles. The van der Waals surface area contributed by atoms with Crippen LogP contribution in [0.2, 0.25) is 0 Å². The third kappa shape index (κ3) is 4.05. The molecule has 0 rings (SSSR count). The van der Waals surface area contributed by atoms with E-state index in [2.05, 4.69) is 10.8 Å². The number of hydrogen-bond donors (Lipinski definition) is 0. The second kappa shape index (κ2) is 5.05. The van der Waals surface area contributed by atoms with Gasteiger partial charge in [-0.1, -0.05) is 6.08 Å². The van der Waals surface area contributed by atoms with Gasteiger partial charge in [-0.05, 0) is 12.0 Å². The molecule has 0 bridgehead atoms. The second-order valence-corrected chi connectivity index (χ2v) is 1.64. The maximum atomic E-state index is 4.63. The minimum Gasteiger partial charge on any atom is -0.318 e. The Morgan fingerprint density at radius 1 is 2.00 bits per heavy atom. The normalized spacial score (nSPS) is 8.17. The highest BCUT2D eigenvalue weighted by molar-refractivity contribution is 7.94. The lowest BCUT2D eigenvalue weighted by atomic mass is 10.8. The Kier molecular flexibility index (Phi) is 5.09. The van der Waals surface area contributed by atoms with E-state index in [-0.39, 0.29) is 0 Å². The summed E-state index contributed by atoms with van der Waals surface area (Å²) in [6, 6.07) is 0. The lowest BCUT2D eigenvalue weighted by molar-refractivity contribution is 0.491. The number of rotatable bonds is 3. The van der Waals surface area contributed by atoms with Gasteiger partial charge in [0.05, 0.1) is 7.11 Å². The van der Waals surface area contributed by atoms with Gasteiger partial charge in [-0.3, -0.25) is 0 Å². The molecule has 0 aromatic carbocycles. The first-order valence-electron chi connectivity index (χ1n) is 1.68. The standard InChI is InChI=1S/C4H8OS/c1-3-4-6-5-2/h3H,1,4H2,2H3. The molecule has 0 aliphatic rings. The van der Waals surface area contributed by atoms with Gasteiger partial charge in [-0.25, -0.2) is 0 Å². The molecule has 0 saturated carbocycles. The van der Waals surface area contributed by atoms with Gasteiger partial charge in [-0.15, -0.1) is 6.58 Å². The topological polar surface area (TPSA) is 9.23 Å². The van der Waals surface area contributed by atoms with Crippen LogP contribution in [0.1, 0.15) is 0 Å². The highest BCUT2D eigenvalue weighted by Gasteiger charge is 1.70. The van der Waals surface area contributed by atoms with Crippen LogP contribution in [0.15, 0.2) is 12.7 Å². The van der Waals surface area contributed by atoms with Crippen molar-refractivity contribution in [1.29, 1.82) is 0 Å². The van der Waals surface area contributed by atoms with Crippen LogP contribution in [0.4, 0.5) is 0 Å². The molecule has 36 valence electrons. The van der Waals surface area contributed by atoms with Gasteiger partial charge < -0.3 is 4.18 Å². The fourth-order valence-electron chi connectivity index (χ4n) is 0.116. The molecule has 2 heteroatoms. The lowest BCUT2D eigenvalue weighted by Gasteiger charge is -1.84. The van der Waals surface area contributed by atoms with E-state index in [1.165, 1.54) is 12.0 Å². The van der Waals surface area contributed by atoms with Crippen molar-refractivity contribution in [2.24, 2.45) is 0 Å². The zero-order valence-electron chi connectivity index (χ0n) is 3.81. The summed E-state index contributed by atoms with van der Waals surface area (Å²) in [7, 11) is 1.65. The van der Waals surface area contributed by atoms with Gasteiger partial charge in [-0.2, -0.15) is 0 Å². The molecule has 0 aromatic heterocycles. The van der Waals surface area contributed by atoms with Gasteiger partial charge in [0.15, 0.2) is 0 Å². The molecule has 0 fully saturated rings. The Labute approximate surface area is 42.6 Å². The van der Waals surface area contributed by atoms with E-state index in [4.69, 9.17) is 0 Å². The molecule has 0 radical (unpaired) electrons. The molecule has 0 aliphatic carbocycles. The monoisotopic (exact) mass is 104 g/mol.